The van der Waals surface area contributed by atoms with E-state index in [9.17, 15) is 9.50 Å². The molecule has 2 aromatic carbocycles. The Morgan fingerprint density at radius 2 is 1.96 bits per heavy atom. The third kappa shape index (κ3) is 3.57. The molecule has 1 aromatic heterocycles. The number of halogens is 3. The number of para-hydroxylation sites is 1. The molecule has 0 unspecified atom stereocenters. The summed E-state index contributed by atoms with van der Waals surface area (Å²) >= 11 is 6.36. The third-order valence-corrected chi connectivity index (χ3v) is 4.26. The van der Waals surface area contributed by atoms with Crippen molar-refractivity contribution in [2.75, 3.05) is 13.6 Å². The van der Waals surface area contributed by atoms with E-state index in [1.165, 1.54) is 12.1 Å². The maximum atomic E-state index is 13.7. The van der Waals surface area contributed by atoms with Gasteiger partial charge in [0.15, 0.2) is 0 Å². The van der Waals surface area contributed by atoms with Gasteiger partial charge in [0.2, 0.25) is 0 Å². The number of nitrogens with zero attached hydrogens (tertiary/aromatic N) is 1. The molecule has 128 valence electrons. The highest BCUT2D eigenvalue weighted by Crippen LogP contribution is 2.32. The van der Waals surface area contributed by atoms with Crippen LogP contribution in [0.25, 0.3) is 10.9 Å². The summed E-state index contributed by atoms with van der Waals surface area (Å²) < 4.78 is 15.6. The molecule has 6 heteroatoms. The Hall–Kier alpha value is -1.59. The van der Waals surface area contributed by atoms with Crippen molar-refractivity contribution in [3.8, 4) is 0 Å². The minimum absolute atomic E-state index is 0. The Bertz CT molecular complexity index is 822. The molecule has 0 radical (unpaired) electrons. The van der Waals surface area contributed by atoms with Gasteiger partial charge in [0.05, 0.1) is 22.7 Å². The number of aromatic nitrogens is 1. The molecular formula is C18H19Cl2FN2O. The van der Waals surface area contributed by atoms with E-state index in [2.05, 4.69) is 5.32 Å². The molecular weight excluding hydrogens is 350 g/mol. The summed E-state index contributed by atoms with van der Waals surface area (Å²) in [6, 6.07) is 13.5. The number of fused-ring (bicyclic) bond motifs is 1. The Balaban J connectivity index is 0.00000208. The zero-order valence-corrected chi connectivity index (χ0v) is 14.7. The van der Waals surface area contributed by atoms with E-state index in [4.69, 9.17) is 11.6 Å². The molecule has 1 heterocycles. The van der Waals surface area contributed by atoms with E-state index in [1.807, 2.05) is 41.1 Å². The van der Waals surface area contributed by atoms with Gasteiger partial charge in [0.25, 0.3) is 0 Å². The summed E-state index contributed by atoms with van der Waals surface area (Å²) in [6.45, 7) is 0.380. The van der Waals surface area contributed by atoms with Gasteiger partial charge >= 0.3 is 0 Å². The first-order valence-electron chi connectivity index (χ1n) is 7.45. The van der Waals surface area contributed by atoms with Crippen LogP contribution in [-0.2, 0) is 0 Å². The first kappa shape index (κ1) is 18.7. The molecule has 0 saturated carbocycles. The van der Waals surface area contributed by atoms with Gasteiger partial charge in [-0.1, -0.05) is 35.9 Å². The van der Waals surface area contributed by atoms with Crippen LogP contribution in [0.4, 0.5) is 4.39 Å². The predicted octanol–water partition coefficient (Wildman–Crippen LogP) is 4.03. The number of benzene rings is 2. The van der Waals surface area contributed by atoms with E-state index >= 15 is 0 Å². The van der Waals surface area contributed by atoms with Crippen LogP contribution in [0.5, 0.6) is 0 Å². The Kier molecular flexibility index (Phi) is 6.24. The molecule has 3 aromatic rings. The van der Waals surface area contributed by atoms with Gasteiger partial charge in [-0.2, -0.15) is 0 Å². The maximum Gasteiger partial charge on any atom is 0.123 e. The molecule has 2 atom stereocenters. The molecule has 0 spiro atoms. The zero-order valence-electron chi connectivity index (χ0n) is 13.1. The van der Waals surface area contributed by atoms with Gasteiger partial charge in [-0.25, -0.2) is 4.39 Å². The van der Waals surface area contributed by atoms with E-state index < -0.39 is 12.1 Å². The first-order valence-corrected chi connectivity index (χ1v) is 7.83. The second-order valence-electron chi connectivity index (χ2n) is 5.53. The molecule has 3 nitrogen and oxygen atoms in total. The fraction of sp³-hybridized carbons (Fsp3) is 0.222. The standard InChI is InChI=1S/C18H18ClFN2O.ClH/c1-21-11-16(23)18(13-5-2-6-14(20)10-13)22-9-8-12-4-3-7-15(19)17(12)22;/h2-10,16,18,21,23H,11H2,1H3;1H/t16-,18+;/m1./s1. The van der Waals surface area contributed by atoms with Crippen molar-refractivity contribution in [1.82, 2.24) is 9.88 Å². The molecule has 0 bridgehead atoms. The summed E-state index contributed by atoms with van der Waals surface area (Å²) in [7, 11) is 1.77. The molecule has 0 amide bonds. The van der Waals surface area contributed by atoms with Gasteiger partial charge in [0, 0.05) is 18.1 Å². The molecule has 0 aliphatic rings. The van der Waals surface area contributed by atoms with E-state index in [-0.39, 0.29) is 18.2 Å². The van der Waals surface area contributed by atoms with Crippen molar-refractivity contribution in [3.05, 3.63) is 71.1 Å². The number of rotatable bonds is 5. The van der Waals surface area contributed by atoms with Gasteiger partial charge in [0.1, 0.15) is 5.82 Å². The lowest BCUT2D eigenvalue weighted by Crippen LogP contribution is -2.33. The van der Waals surface area contributed by atoms with Crippen LogP contribution in [-0.4, -0.2) is 29.4 Å². The summed E-state index contributed by atoms with van der Waals surface area (Å²) in [5, 5.41) is 15.2. The largest absolute Gasteiger partial charge is 0.389 e. The highest BCUT2D eigenvalue weighted by molar-refractivity contribution is 6.35. The van der Waals surface area contributed by atoms with Crippen LogP contribution in [0.3, 0.4) is 0 Å². The molecule has 0 aliphatic heterocycles. The molecule has 2 N–H and O–H groups in total. The van der Waals surface area contributed by atoms with Crippen molar-refractivity contribution in [2.45, 2.75) is 12.1 Å². The number of aliphatic hydroxyl groups is 1. The SMILES string of the molecule is CNC[C@@H](O)[C@H](c1cccc(F)c1)n1ccc2cccc(Cl)c21.Cl. The Labute approximate surface area is 151 Å². The highest BCUT2D eigenvalue weighted by Gasteiger charge is 2.24. The lowest BCUT2D eigenvalue weighted by atomic mass is 10.0. The second-order valence-corrected chi connectivity index (χ2v) is 5.93. The van der Waals surface area contributed by atoms with Crippen molar-refractivity contribution in [2.24, 2.45) is 0 Å². The fourth-order valence-corrected chi connectivity index (χ4v) is 3.26. The summed E-state index contributed by atoms with van der Waals surface area (Å²) in [6.07, 6.45) is 1.15. The van der Waals surface area contributed by atoms with E-state index in [0.717, 1.165) is 10.9 Å². The predicted molar refractivity (Wildman–Crippen MR) is 98.7 cm³/mol. The summed E-state index contributed by atoms with van der Waals surface area (Å²) in [5.41, 5.74) is 1.53. The van der Waals surface area contributed by atoms with Crippen LogP contribution in [0.2, 0.25) is 5.02 Å². The fourth-order valence-electron chi connectivity index (χ4n) is 2.99. The van der Waals surface area contributed by atoms with E-state index in [0.29, 0.717) is 17.1 Å². The average molecular weight is 369 g/mol. The summed E-state index contributed by atoms with van der Waals surface area (Å²) in [5.74, 6) is -0.327. The number of hydrogen-bond acceptors (Lipinski definition) is 2. The van der Waals surface area contributed by atoms with Crippen molar-refractivity contribution in [1.29, 1.82) is 0 Å². The molecule has 24 heavy (non-hydrogen) atoms. The van der Waals surface area contributed by atoms with Crippen molar-refractivity contribution < 1.29 is 9.50 Å². The first-order chi connectivity index (χ1) is 11.1. The van der Waals surface area contributed by atoms with Gasteiger partial charge in [-0.05, 0) is 36.9 Å². The Morgan fingerprint density at radius 3 is 2.67 bits per heavy atom. The van der Waals surface area contributed by atoms with E-state index in [1.54, 1.807) is 13.1 Å². The minimum atomic E-state index is -0.728. The molecule has 0 saturated heterocycles. The molecule has 3 rings (SSSR count). The Morgan fingerprint density at radius 1 is 1.21 bits per heavy atom. The van der Waals surface area contributed by atoms with Gasteiger partial charge in [-0.3, -0.25) is 0 Å². The number of aliphatic hydroxyl groups excluding tert-OH is 1. The van der Waals surface area contributed by atoms with Crippen LogP contribution in [0, 0.1) is 5.82 Å². The maximum absolute atomic E-state index is 13.7. The quantitative estimate of drug-likeness (QED) is 0.713. The topological polar surface area (TPSA) is 37.2 Å². The number of likely N-dealkylation sites (N-methyl/N-ethyl adjacent to an activating group) is 1. The van der Waals surface area contributed by atoms with Gasteiger partial charge in [-0.15, -0.1) is 12.4 Å². The monoisotopic (exact) mass is 368 g/mol. The minimum Gasteiger partial charge on any atom is -0.389 e. The smallest absolute Gasteiger partial charge is 0.123 e. The molecule has 0 aliphatic carbocycles. The van der Waals surface area contributed by atoms with Crippen LogP contribution < -0.4 is 5.32 Å². The highest BCUT2D eigenvalue weighted by atomic mass is 35.5. The van der Waals surface area contributed by atoms with Crippen molar-refractivity contribution >= 4 is 34.9 Å². The summed E-state index contributed by atoms with van der Waals surface area (Å²) in [4.78, 5) is 0. The number of hydrogen-bond donors (Lipinski definition) is 2. The van der Waals surface area contributed by atoms with Gasteiger partial charge < -0.3 is 15.0 Å². The third-order valence-electron chi connectivity index (χ3n) is 3.96. The number of nitrogens with one attached hydrogen (secondary N) is 1. The normalized spacial score (nSPS) is 13.5. The van der Waals surface area contributed by atoms with Crippen LogP contribution >= 0.6 is 24.0 Å². The van der Waals surface area contributed by atoms with Crippen molar-refractivity contribution in [3.63, 3.8) is 0 Å². The average Bonchev–Trinajstić information content (AvgIpc) is 2.93. The second kappa shape index (κ2) is 7.99. The molecule has 0 fully saturated rings. The lowest BCUT2D eigenvalue weighted by molar-refractivity contribution is 0.132. The zero-order chi connectivity index (χ0) is 16.4. The van der Waals surface area contributed by atoms with Crippen LogP contribution in [0.15, 0.2) is 54.7 Å². The lowest BCUT2D eigenvalue weighted by Gasteiger charge is -2.26. The van der Waals surface area contributed by atoms with Crippen LogP contribution in [0.1, 0.15) is 11.6 Å².